The summed E-state index contributed by atoms with van der Waals surface area (Å²) in [6.07, 6.45) is 2.30. The Labute approximate surface area is 190 Å². The molecule has 164 valence electrons. The first-order valence-electron chi connectivity index (χ1n) is 10.3. The Morgan fingerprint density at radius 1 is 1.16 bits per heavy atom. The van der Waals surface area contributed by atoms with Gasteiger partial charge in [-0.25, -0.2) is 9.97 Å². The third-order valence-corrected chi connectivity index (χ3v) is 5.69. The van der Waals surface area contributed by atoms with Crippen molar-refractivity contribution in [3.63, 3.8) is 0 Å². The highest BCUT2D eigenvalue weighted by Crippen LogP contribution is 2.23. The van der Waals surface area contributed by atoms with Crippen molar-refractivity contribution in [1.29, 1.82) is 0 Å². The number of nitrogens with one attached hydrogen (secondary N) is 3. The van der Waals surface area contributed by atoms with Gasteiger partial charge in [0.15, 0.2) is 0 Å². The van der Waals surface area contributed by atoms with Gasteiger partial charge >= 0.3 is 0 Å². The number of thiazole rings is 1. The Kier molecular flexibility index (Phi) is 6.88. The van der Waals surface area contributed by atoms with Crippen LogP contribution in [0.3, 0.4) is 0 Å². The lowest BCUT2D eigenvalue weighted by Gasteiger charge is -2.18. The molecule has 0 saturated heterocycles. The molecule has 0 unspecified atom stereocenters. The van der Waals surface area contributed by atoms with Crippen LogP contribution in [0.1, 0.15) is 11.3 Å². The first-order chi connectivity index (χ1) is 15.6. The van der Waals surface area contributed by atoms with E-state index in [-0.39, 0.29) is 5.91 Å². The standard InChI is InChI=1S/C23H25N7OS/c1-24-21-11-17(8-9-25-21)19-12-22(30(2)29-19)28-23(31)20(10-16-6-4-3-5-7-16)26-13-18-14-32-15-27-18/h3-9,11-12,14-15,20,26H,10,13H2,1-2H3,(H,24,25)(H,28,31)/t20-/m0/s1. The molecule has 4 rings (SSSR count). The zero-order chi connectivity index (χ0) is 22.3. The van der Waals surface area contributed by atoms with Gasteiger partial charge < -0.3 is 10.6 Å². The summed E-state index contributed by atoms with van der Waals surface area (Å²) in [6.45, 7) is 0.523. The van der Waals surface area contributed by atoms with Crippen molar-refractivity contribution >= 4 is 28.9 Å². The van der Waals surface area contributed by atoms with Crippen LogP contribution in [0.4, 0.5) is 11.6 Å². The molecule has 3 N–H and O–H groups in total. The number of hydrogen-bond donors (Lipinski definition) is 3. The molecule has 9 heteroatoms. The van der Waals surface area contributed by atoms with Gasteiger partial charge in [-0.3, -0.25) is 14.8 Å². The molecule has 32 heavy (non-hydrogen) atoms. The third kappa shape index (κ3) is 5.37. The van der Waals surface area contributed by atoms with E-state index in [2.05, 4.69) is 31.0 Å². The fourth-order valence-electron chi connectivity index (χ4n) is 3.33. The Morgan fingerprint density at radius 2 is 2.00 bits per heavy atom. The van der Waals surface area contributed by atoms with E-state index in [1.165, 1.54) is 11.3 Å². The van der Waals surface area contributed by atoms with Crippen molar-refractivity contribution in [2.75, 3.05) is 17.7 Å². The van der Waals surface area contributed by atoms with Crippen LogP contribution in [-0.4, -0.2) is 38.7 Å². The summed E-state index contributed by atoms with van der Waals surface area (Å²) < 4.78 is 1.67. The lowest BCUT2D eigenvalue weighted by atomic mass is 10.1. The molecular formula is C23H25N7OS. The third-order valence-electron chi connectivity index (χ3n) is 5.06. The minimum Gasteiger partial charge on any atom is -0.373 e. The number of aromatic nitrogens is 4. The van der Waals surface area contributed by atoms with Crippen molar-refractivity contribution in [3.05, 3.63) is 76.9 Å². The Bertz CT molecular complexity index is 1160. The summed E-state index contributed by atoms with van der Waals surface area (Å²) in [7, 11) is 3.63. The first-order valence-corrected chi connectivity index (χ1v) is 11.2. The molecule has 8 nitrogen and oxygen atoms in total. The molecule has 0 radical (unpaired) electrons. The fraction of sp³-hybridized carbons (Fsp3) is 0.217. The SMILES string of the molecule is CNc1cc(-c2cc(NC(=O)[C@H](Cc3ccccc3)NCc3cscn3)n(C)n2)ccn1. The molecule has 0 saturated carbocycles. The summed E-state index contributed by atoms with van der Waals surface area (Å²) in [4.78, 5) is 21.8. The van der Waals surface area contributed by atoms with E-state index in [1.807, 2.05) is 68.0 Å². The molecule has 1 atom stereocenters. The average Bonchev–Trinajstić information content (AvgIpc) is 3.47. The van der Waals surface area contributed by atoms with Gasteiger partial charge in [0.25, 0.3) is 0 Å². The van der Waals surface area contributed by atoms with Gasteiger partial charge in [0.05, 0.1) is 22.9 Å². The van der Waals surface area contributed by atoms with Crippen LogP contribution in [0.15, 0.2) is 65.6 Å². The van der Waals surface area contributed by atoms with E-state index in [0.29, 0.717) is 18.8 Å². The number of nitrogens with zero attached hydrogens (tertiary/aromatic N) is 4. The topological polar surface area (TPSA) is 96.8 Å². The number of carbonyl (C=O) groups excluding carboxylic acids is 1. The molecule has 1 aromatic carbocycles. The van der Waals surface area contributed by atoms with Crippen LogP contribution >= 0.6 is 11.3 Å². The molecular weight excluding hydrogens is 422 g/mol. The number of aryl methyl sites for hydroxylation is 1. The smallest absolute Gasteiger partial charge is 0.243 e. The lowest BCUT2D eigenvalue weighted by Crippen LogP contribution is -2.42. The highest BCUT2D eigenvalue weighted by atomic mass is 32.1. The molecule has 0 bridgehead atoms. The Hall–Kier alpha value is -3.56. The van der Waals surface area contributed by atoms with Crippen molar-refractivity contribution < 1.29 is 4.79 Å². The van der Waals surface area contributed by atoms with Crippen LogP contribution in [0.25, 0.3) is 11.3 Å². The molecule has 0 fully saturated rings. The zero-order valence-corrected chi connectivity index (χ0v) is 18.8. The number of anilines is 2. The number of benzene rings is 1. The van der Waals surface area contributed by atoms with Crippen molar-refractivity contribution in [3.8, 4) is 11.3 Å². The summed E-state index contributed by atoms with van der Waals surface area (Å²) in [5.41, 5.74) is 5.47. The van der Waals surface area contributed by atoms with Gasteiger partial charge in [-0.1, -0.05) is 30.3 Å². The van der Waals surface area contributed by atoms with Crippen LogP contribution in [0, 0.1) is 0 Å². The zero-order valence-electron chi connectivity index (χ0n) is 17.9. The first kappa shape index (κ1) is 21.7. The molecule has 0 spiro atoms. The van der Waals surface area contributed by atoms with E-state index < -0.39 is 6.04 Å². The monoisotopic (exact) mass is 447 g/mol. The largest absolute Gasteiger partial charge is 0.373 e. The normalized spacial score (nSPS) is 11.8. The number of hydrogen-bond acceptors (Lipinski definition) is 7. The highest BCUT2D eigenvalue weighted by Gasteiger charge is 2.21. The lowest BCUT2D eigenvalue weighted by molar-refractivity contribution is -0.118. The van der Waals surface area contributed by atoms with Crippen LogP contribution < -0.4 is 16.0 Å². The molecule has 4 aromatic rings. The molecule has 1 amide bonds. The summed E-state index contributed by atoms with van der Waals surface area (Å²) in [6, 6.07) is 15.2. The van der Waals surface area contributed by atoms with Gasteiger partial charge in [0, 0.05) is 43.8 Å². The molecule has 3 aromatic heterocycles. The maximum Gasteiger partial charge on any atom is 0.243 e. The second-order valence-electron chi connectivity index (χ2n) is 7.31. The highest BCUT2D eigenvalue weighted by molar-refractivity contribution is 7.07. The summed E-state index contributed by atoms with van der Waals surface area (Å²) in [5.74, 6) is 1.26. The van der Waals surface area contributed by atoms with E-state index in [4.69, 9.17) is 0 Å². The minimum absolute atomic E-state index is 0.121. The quantitative estimate of drug-likeness (QED) is 0.364. The van der Waals surface area contributed by atoms with Gasteiger partial charge in [-0.15, -0.1) is 11.3 Å². The Morgan fingerprint density at radius 3 is 2.75 bits per heavy atom. The predicted molar refractivity (Wildman–Crippen MR) is 128 cm³/mol. The number of rotatable bonds is 9. The van der Waals surface area contributed by atoms with Crippen LogP contribution in [0.2, 0.25) is 0 Å². The minimum atomic E-state index is -0.422. The summed E-state index contributed by atoms with van der Waals surface area (Å²) in [5, 5.41) is 15.9. The number of amides is 1. The van der Waals surface area contributed by atoms with E-state index in [1.54, 1.807) is 16.4 Å². The van der Waals surface area contributed by atoms with Crippen molar-refractivity contribution in [2.45, 2.75) is 19.0 Å². The molecule has 0 aliphatic heterocycles. The summed E-state index contributed by atoms with van der Waals surface area (Å²) >= 11 is 1.54. The van der Waals surface area contributed by atoms with Gasteiger partial charge in [-0.2, -0.15) is 5.10 Å². The van der Waals surface area contributed by atoms with Gasteiger partial charge in [0.2, 0.25) is 5.91 Å². The second kappa shape index (κ2) is 10.2. The van der Waals surface area contributed by atoms with E-state index in [9.17, 15) is 4.79 Å². The average molecular weight is 448 g/mol. The van der Waals surface area contributed by atoms with Crippen molar-refractivity contribution in [1.82, 2.24) is 25.1 Å². The molecule has 0 aliphatic rings. The number of carbonyl (C=O) groups is 1. The van der Waals surface area contributed by atoms with Crippen LogP contribution in [-0.2, 0) is 24.8 Å². The van der Waals surface area contributed by atoms with Gasteiger partial charge in [0.1, 0.15) is 11.6 Å². The Balaban J connectivity index is 1.51. The predicted octanol–water partition coefficient (Wildman–Crippen LogP) is 3.32. The molecule has 0 aliphatic carbocycles. The second-order valence-corrected chi connectivity index (χ2v) is 8.03. The van der Waals surface area contributed by atoms with E-state index in [0.717, 1.165) is 28.3 Å². The van der Waals surface area contributed by atoms with Crippen molar-refractivity contribution in [2.24, 2.45) is 7.05 Å². The van der Waals surface area contributed by atoms with E-state index >= 15 is 0 Å². The molecule has 3 heterocycles. The van der Waals surface area contributed by atoms with Gasteiger partial charge in [-0.05, 0) is 24.1 Å². The van der Waals surface area contributed by atoms with Crippen LogP contribution in [0.5, 0.6) is 0 Å². The maximum atomic E-state index is 13.2. The maximum absolute atomic E-state index is 13.2. The number of pyridine rings is 1. The fourth-order valence-corrected chi connectivity index (χ4v) is 3.88.